The number of esters is 1. The largest absolute Gasteiger partial charge is 0.488 e. The minimum Gasteiger partial charge on any atom is -0.488 e. The zero-order valence-corrected chi connectivity index (χ0v) is 19.5. The smallest absolute Gasteiger partial charge is 0.358 e. The number of pyridine rings is 1. The van der Waals surface area contributed by atoms with Gasteiger partial charge in [-0.3, -0.25) is 0 Å². The quantitative estimate of drug-likeness (QED) is 0.317. The Kier molecular flexibility index (Phi) is 11.3. The minimum absolute atomic E-state index is 0.0513. The molecule has 0 saturated carbocycles. The van der Waals surface area contributed by atoms with Gasteiger partial charge in [-0.1, -0.05) is 28.9 Å². The highest BCUT2D eigenvalue weighted by Gasteiger charge is 2.18. The molecule has 1 aromatic rings. The number of hydrogen-bond acceptors (Lipinski definition) is 5. The van der Waals surface area contributed by atoms with Crippen LogP contribution in [0.5, 0.6) is 5.75 Å². The number of nitrogens with zero attached hydrogens (tertiary/aromatic N) is 1. The standard InChI is InChI=1S/C25H35NO5/c1-17(2)9-7-10-19(5)11-8-12-20(6)13-14-30-25(29)21-15-22(31-18(3)4)23(24(27)28)26-16-21/h9,11,13,15-16,18H,7-8,10,12,14H2,1-6H3,(H,27,28). The van der Waals surface area contributed by atoms with Crippen molar-refractivity contribution in [1.82, 2.24) is 4.98 Å². The van der Waals surface area contributed by atoms with Crippen LogP contribution >= 0.6 is 0 Å². The van der Waals surface area contributed by atoms with E-state index in [1.807, 2.05) is 13.0 Å². The zero-order chi connectivity index (χ0) is 23.4. The Morgan fingerprint density at radius 1 is 1.03 bits per heavy atom. The average Bonchev–Trinajstić information content (AvgIpc) is 2.66. The van der Waals surface area contributed by atoms with Gasteiger partial charge in [0.15, 0.2) is 11.4 Å². The lowest BCUT2D eigenvalue weighted by Gasteiger charge is -2.12. The second-order valence-corrected chi connectivity index (χ2v) is 8.10. The fourth-order valence-electron chi connectivity index (χ4n) is 2.74. The van der Waals surface area contributed by atoms with E-state index in [2.05, 4.69) is 37.9 Å². The number of rotatable bonds is 12. The van der Waals surface area contributed by atoms with Crippen molar-refractivity contribution in [3.63, 3.8) is 0 Å². The molecule has 0 spiro atoms. The predicted octanol–water partition coefficient (Wildman–Crippen LogP) is 6.14. The molecule has 0 atom stereocenters. The van der Waals surface area contributed by atoms with Crippen LogP contribution in [-0.4, -0.2) is 34.7 Å². The van der Waals surface area contributed by atoms with Crippen LogP contribution in [0.4, 0.5) is 0 Å². The Hall–Kier alpha value is -2.89. The van der Waals surface area contributed by atoms with Crippen molar-refractivity contribution in [3.8, 4) is 5.75 Å². The number of hydrogen-bond donors (Lipinski definition) is 1. The van der Waals surface area contributed by atoms with E-state index < -0.39 is 11.9 Å². The van der Waals surface area contributed by atoms with E-state index in [0.717, 1.165) is 31.3 Å². The van der Waals surface area contributed by atoms with E-state index in [0.29, 0.717) is 0 Å². The Morgan fingerprint density at radius 3 is 2.23 bits per heavy atom. The highest BCUT2D eigenvalue weighted by molar-refractivity contribution is 5.93. The van der Waals surface area contributed by atoms with Gasteiger partial charge in [0.2, 0.25) is 0 Å². The molecular formula is C25H35NO5. The summed E-state index contributed by atoms with van der Waals surface area (Å²) in [6.07, 6.45) is 11.3. The van der Waals surface area contributed by atoms with E-state index in [1.54, 1.807) is 13.8 Å². The Labute approximate surface area is 185 Å². The molecule has 6 heteroatoms. The second kappa shape index (κ2) is 13.4. The van der Waals surface area contributed by atoms with Crippen LogP contribution in [-0.2, 0) is 4.74 Å². The maximum absolute atomic E-state index is 12.3. The molecule has 0 amide bonds. The molecule has 6 nitrogen and oxygen atoms in total. The SMILES string of the molecule is CC(C)=CCCC(C)=CCCC(C)=CCOC(=O)c1cnc(C(=O)O)c(OC(C)C)c1. The van der Waals surface area contributed by atoms with Gasteiger partial charge in [0.25, 0.3) is 0 Å². The molecule has 0 aromatic carbocycles. The molecule has 0 fully saturated rings. The molecule has 0 bridgehead atoms. The van der Waals surface area contributed by atoms with Crippen molar-refractivity contribution >= 4 is 11.9 Å². The fourth-order valence-corrected chi connectivity index (χ4v) is 2.74. The van der Waals surface area contributed by atoms with Crippen molar-refractivity contribution in [3.05, 3.63) is 58.5 Å². The summed E-state index contributed by atoms with van der Waals surface area (Å²) in [4.78, 5) is 27.4. The van der Waals surface area contributed by atoms with Crippen LogP contribution in [0, 0.1) is 0 Å². The number of ether oxygens (including phenoxy) is 2. The third kappa shape index (κ3) is 10.6. The van der Waals surface area contributed by atoms with E-state index >= 15 is 0 Å². The van der Waals surface area contributed by atoms with E-state index in [-0.39, 0.29) is 29.7 Å². The number of aromatic carboxylic acids is 1. The molecule has 1 rings (SSSR count). The lowest BCUT2D eigenvalue weighted by molar-refractivity contribution is 0.0545. The van der Waals surface area contributed by atoms with Gasteiger partial charge in [0.1, 0.15) is 6.61 Å². The second-order valence-electron chi connectivity index (χ2n) is 8.10. The van der Waals surface area contributed by atoms with Crippen LogP contribution in [0.1, 0.15) is 88.1 Å². The summed E-state index contributed by atoms with van der Waals surface area (Å²) in [5.41, 5.74) is 3.79. The average molecular weight is 430 g/mol. The molecule has 0 saturated heterocycles. The van der Waals surface area contributed by atoms with Gasteiger partial charge in [-0.2, -0.15) is 0 Å². The van der Waals surface area contributed by atoms with Crippen LogP contribution in [0.25, 0.3) is 0 Å². The molecule has 1 N–H and O–H groups in total. The Balaban J connectivity index is 2.57. The summed E-state index contributed by atoms with van der Waals surface area (Å²) < 4.78 is 10.7. The number of allylic oxidation sites excluding steroid dienone is 5. The van der Waals surface area contributed by atoms with Crippen LogP contribution in [0.3, 0.4) is 0 Å². The molecule has 0 radical (unpaired) electrons. The normalized spacial score (nSPS) is 12.0. The first kappa shape index (κ1) is 26.1. The number of carbonyl (C=O) groups is 2. The van der Waals surface area contributed by atoms with Crippen LogP contribution < -0.4 is 4.74 Å². The molecule has 1 aromatic heterocycles. The molecular weight excluding hydrogens is 394 g/mol. The van der Waals surface area contributed by atoms with Gasteiger partial charge >= 0.3 is 11.9 Å². The lowest BCUT2D eigenvalue weighted by atomic mass is 10.1. The predicted molar refractivity (Wildman–Crippen MR) is 123 cm³/mol. The Morgan fingerprint density at radius 2 is 1.65 bits per heavy atom. The summed E-state index contributed by atoms with van der Waals surface area (Å²) >= 11 is 0. The first-order valence-corrected chi connectivity index (χ1v) is 10.6. The zero-order valence-electron chi connectivity index (χ0n) is 19.5. The minimum atomic E-state index is -1.21. The highest BCUT2D eigenvalue weighted by Crippen LogP contribution is 2.20. The summed E-state index contributed by atoms with van der Waals surface area (Å²) in [6, 6.07) is 1.36. The van der Waals surface area contributed by atoms with Crippen LogP contribution in [0.2, 0.25) is 0 Å². The summed E-state index contributed by atoms with van der Waals surface area (Å²) in [5.74, 6) is -1.73. The van der Waals surface area contributed by atoms with E-state index in [4.69, 9.17) is 9.47 Å². The maximum Gasteiger partial charge on any atom is 0.358 e. The molecule has 0 aliphatic heterocycles. The van der Waals surface area contributed by atoms with Gasteiger partial charge in [-0.25, -0.2) is 14.6 Å². The molecule has 31 heavy (non-hydrogen) atoms. The van der Waals surface area contributed by atoms with E-state index in [1.165, 1.54) is 23.4 Å². The molecule has 0 aliphatic carbocycles. The van der Waals surface area contributed by atoms with Crippen LogP contribution in [0.15, 0.2) is 47.2 Å². The van der Waals surface area contributed by atoms with Crippen molar-refractivity contribution in [2.45, 2.75) is 73.3 Å². The highest BCUT2D eigenvalue weighted by atomic mass is 16.5. The van der Waals surface area contributed by atoms with Gasteiger partial charge < -0.3 is 14.6 Å². The van der Waals surface area contributed by atoms with Gasteiger partial charge in [0.05, 0.1) is 11.7 Å². The van der Waals surface area contributed by atoms with Gasteiger partial charge in [-0.15, -0.1) is 0 Å². The maximum atomic E-state index is 12.3. The van der Waals surface area contributed by atoms with Gasteiger partial charge in [-0.05, 0) is 79.4 Å². The third-order valence-corrected chi connectivity index (χ3v) is 4.42. The number of carbonyl (C=O) groups excluding carboxylic acids is 1. The molecule has 170 valence electrons. The molecule has 0 aliphatic rings. The van der Waals surface area contributed by atoms with Crippen molar-refractivity contribution < 1.29 is 24.2 Å². The van der Waals surface area contributed by atoms with Crippen molar-refractivity contribution in [2.75, 3.05) is 6.61 Å². The summed E-state index contributed by atoms with van der Waals surface area (Å²) in [5, 5.41) is 9.21. The van der Waals surface area contributed by atoms with E-state index in [9.17, 15) is 14.7 Å². The van der Waals surface area contributed by atoms with Gasteiger partial charge in [0, 0.05) is 6.20 Å². The lowest BCUT2D eigenvalue weighted by Crippen LogP contribution is -2.14. The fraction of sp³-hybridized carbons (Fsp3) is 0.480. The summed E-state index contributed by atoms with van der Waals surface area (Å²) in [7, 11) is 0. The first-order valence-electron chi connectivity index (χ1n) is 10.6. The van der Waals surface area contributed by atoms with Crippen molar-refractivity contribution in [2.24, 2.45) is 0 Å². The number of carboxylic acids is 1. The first-order chi connectivity index (χ1) is 14.6. The third-order valence-electron chi connectivity index (χ3n) is 4.42. The molecule has 0 unspecified atom stereocenters. The number of aromatic nitrogens is 1. The van der Waals surface area contributed by atoms with Crippen molar-refractivity contribution in [1.29, 1.82) is 0 Å². The summed E-state index contributed by atoms with van der Waals surface area (Å²) in [6.45, 7) is 12.1. The monoisotopic (exact) mass is 429 g/mol. The molecule has 1 heterocycles. The topological polar surface area (TPSA) is 85.7 Å². The Bertz CT molecular complexity index is 845. The number of carboxylic acid groups (broad SMARTS) is 1.